The van der Waals surface area contributed by atoms with Gasteiger partial charge < -0.3 is 11.1 Å². The minimum Gasteiger partial charge on any atom is -0.354 e. The Hall–Kier alpha value is -1.42. The van der Waals surface area contributed by atoms with Gasteiger partial charge in [0.25, 0.3) is 0 Å². The number of carbonyl (C=O) groups excluding carboxylic acids is 1. The topological polar surface area (TPSA) is 68.0 Å². The van der Waals surface area contributed by atoms with Crippen molar-refractivity contribution in [1.82, 2.24) is 10.3 Å². The first-order valence-corrected chi connectivity index (χ1v) is 5.83. The summed E-state index contributed by atoms with van der Waals surface area (Å²) in [5.41, 5.74) is 6.75. The summed E-state index contributed by atoms with van der Waals surface area (Å²) in [6.45, 7) is 6.46. The van der Waals surface area contributed by atoms with Crippen LogP contribution in [-0.4, -0.2) is 23.5 Å². The molecule has 0 aliphatic rings. The van der Waals surface area contributed by atoms with E-state index in [0.29, 0.717) is 6.54 Å². The van der Waals surface area contributed by atoms with E-state index in [4.69, 9.17) is 5.73 Å². The molecule has 4 heteroatoms. The molecule has 0 radical (unpaired) electrons. The van der Waals surface area contributed by atoms with Crippen molar-refractivity contribution >= 4 is 5.91 Å². The van der Waals surface area contributed by atoms with Gasteiger partial charge in [-0.3, -0.25) is 9.78 Å². The van der Waals surface area contributed by atoms with Crippen LogP contribution in [0.5, 0.6) is 0 Å². The second kappa shape index (κ2) is 5.77. The molecule has 0 aromatic carbocycles. The van der Waals surface area contributed by atoms with Crippen LogP contribution in [0, 0.1) is 5.41 Å². The largest absolute Gasteiger partial charge is 0.354 e. The van der Waals surface area contributed by atoms with Gasteiger partial charge >= 0.3 is 0 Å². The van der Waals surface area contributed by atoms with Gasteiger partial charge in [0.05, 0.1) is 6.04 Å². The first-order valence-electron chi connectivity index (χ1n) is 5.83. The molecule has 3 N–H and O–H groups in total. The SMILES string of the molecule is CC(C)(C)[C@@H](N)C(=O)NCCc1cccnc1. The maximum atomic E-state index is 11.7. The fraction of sp³-hybridized carbons (Fsp3) is 0.538. The molecule has 1 aromatic heterocycles. The van der Waals surface area contributed by atoms with Gasteiger partial charge in [0.15, 0.2) is 0 Å². The second-order valence-corrected chi connectivity index (χ2v) is 5.25. The molecule has 0 saturated carbocycles. The van der Waals surface area contributed by atoms with Crippen LogP contribution in [-0.2, 0) is 11.2 Å². The fourth-order valence-electron chi connectivity index (χ4n) is 1.38. The van der Waals surface area contributed by atoms with E-state index in [-0.39, 0.29) is 11.3 Å². The van der Waals surface area contributed by atoms with E-state index >= 15 is 0 Å². The van der Waals surface area contributed by atoms with Crippen molar-refractivity contribution in [2.45, 2.75) is 33.2 Å². The third-order valence-corrected chi connectivity index (χ3v) is 2.65. The summed E-state index contributed by atoms with van der Waals surface area (Å²) < 4.78 is 0. The van der Waals surface area contributed by atoms with Crippen LogP contribution in [0.3, 0.4) is 0 Å². The number of carbonyl (C=O) groups is 1. The monoisotopic (exact) mass is 235 g/mol. The zero-order valence-electron chi connectivity index (χ0n) is 10.7. The predicted octanol–water partition coefficient (Wildman–Crippen LogP) is 1.11. The summed E-state index contributed by atoms with van der Waals surface area (Å²) >= 11 is 0. The number of pyridine rings is 1. The highest BCUT2D eigenvalue weighted by molar-refractivity contribution is 5.82. The Morgan fingerprint density at radius 3 is 2.76 bits per heavy atom. The molecule has 0 aliphatic carbocycles. The third-order valence-electron chi connectivity index (χ3n) is 2.65. The van der Waals surface area contributed by atoms with E-state index in [0.717, 1.165) is 12.0 Å². The van der Waals surface area contributed by atoms with Crippen molar-refractivity contribution in [2.24, 2.45) is 11.1 Å². The van der Waals surface area contributed by atoms with Crippen molar-refractivity contribution in [3.8, 4) is 0 Å². The summed E-state index contributed by atoms with van der Waals surface area (Å²) in [6.07, 6.45) is 4.31. The lowest BCUT2D eigenvalue weighted by Crippen LogP contribution is -2.48. The number of amides is 1. The van der Waals surface area contributed by atoms with Gasteiger partial charge in [0.2, 0.25) is 5.91 Å². The molecule has 4 nitrogen and oxygen atoms in total. The molecule has 0 aliphatic heterocycles. The highest BCUT2D eigenvalue weighted by Gasteiger charge is 2.26. The Labute approximate surface area is 103 Å². The normalized spacial score (nSPS) is 13.2. The Kier molecular flexibility index (Phi) is 4.63. The van der Waals surface area contributed by atoms with E-state index in [1.165, 1.54) is 0 Å². The van der Waals surface area contributed by atoms with Crippen LogP contribution in [0.4, 0.5) is 0 Å². The number of rotatable bonds is 4. The predicted molar refractivity (Wildman–Crippen MR) is 68.4 cm³/mol. The second-order valence-electron chi connectivity index (χ2n) is 5.25. The van der Waals surface area contributed by atoms with Crippen LogP contribution >= 0.6 is 0 Å². The van der Waals surface area contributed by atoms with Gasteiger partial charge in [-0.05, 0) is 23.5 Å². The number of nitrogens with two attached hydrogens (primary N) is 1. The Bertz CT molecular complexity index is 357. The lowest BCUT2D eigenvalue weighted by Gasteiger charge is -2.25. The van der Waals surface area contributed by atoms with E-state index in [2.05, 4.69) is 10.3 Å². The lowest BCUT2D eigenvalue weighted by molar-refractivity contribution is -0.124. The first-order chi connectivity index (χ1) is 7.91. The maximum absolute atomic E-state index is 11.7. The molecule has 1 atom stereocenters. The average Bonchev–Trinajstić information content (AvgIpc) is 2.28. The number of aromatic nitrogens is 1. The van der Waals surface area contributed by atoms with Crippen LogP contribution in [0.15, 0.2) is 24.5 Å². The van der Waals surface area contributed by atoms with Crippen molar-refractivity contribution in [1.29, 1.82) is 0 Å². The minimum atomic E-state index is -0.476. The number of nitrogens with one attached hydrogen (secondary N) is 1. The van der Waals surface area contributed by atoms with Crippen molar-refractivity contribution in [3.63, 3.8) is 0 Å². The first kappa shape index (κ1) is 13.6. The summed E-state index contributed by atoms with van der Waals surface area (Å²) in [5.74, 6) is -0.0959. The molecule has 1 heterocycles. The van der Waals surface area contributed by atoms with Gasteiger partial charge in [-0.25, -0.2) is 0 Å². The van der Waals surface area contributed by atoms with Crippen LogP contribution in [0.1, 0.15) is 26.3 Å². The number of hydrogen-bond acceptors (Lipinski definition) is 3. The smallest absolute Gasteiger partial charge is 0.237 e. The van der Waals surface area contributed by atoms with Crippen LogP contribution < -0.4 is 11.1 Å². The molecule has 0 unspecified atom stereocenters. The molecule has 0 bridgehead atoms. The zero-order valence-corrected chi connectivity index (χ0v) is 10.7. The molecular formula is C13H21N3O. The Balaban J connectivity index is 2.35. The standard InChI is InChI=1S/C13H21N3O/c1-13(2,3)11(14)12(17)16-8-6-10-5-4-7-15-9-10/h4-5,7,9,11H,6,8,14H2,1-3H3,(H,16,17)/t11-/m0/s1. The maximum Gasteiger partial charge on any atom is 0.237 e. The van der Waals surface area contributed by atoms with E-state index in [9.17, 15) is 4.79 Å². The van der Waals surface area contributed by atoms with Crippen LogP contribution in [0.25, 0.3) is 0 Å². The molecule has 1 rings (SSSR count). The summed E-state index contributed by atoms with van der Waals surface area (Å²) in [5, 5.41) is 2.85. The highest BCUT2D eigenvalue weighted by atomic mass is 16.2. The van der Waals surface area contributed by atoms with Gasteiger partial charge in [0.1, 0.15) is 0 Å². The van der Waals surface area contributed by atoms with Gasteiger partial charge in [-0.2, -0.15) is 0 Å². The third kappa shape index (κ3) is 4.53. The highest BCUT2D eigenvalue weighted by Crippen LogP contribution is 2.16. The summed E-state index contributed by atoms with van der Waals surface area (Å²) in [7, 11) is 0. The van der Waals surface area contributed by atoms with Crippen molar-refractivity contribution in [2.75, 3.05) is 6.54 Å². The van der Waals surface area contributed by atoms with E-state index in [1.54, 1.807) is 12.4 Å². The van der Waals surface area contributed by atoms with Gasteiger partial charge in [-0.1, -0.05) is 26.8 Å². The molecule has 1 amide bonds. The summed E-state index contributed by atoms with van der Waals surface area (Å²) in [4.78, 5) is 15.7. The molecule has 17 heavy (non-hydrogen) atoms. The average molecular weight is 235 g/mol. The molecule has 1 aromatic rings. The van der Waals surface area contributed by atoms with Gasteiger partial charge in [-0.15, -0.1) is 0 Å². The molecule has 0 spiro atoms. The minimum absolute atomic E-state index is 0.0959. The molecule has 0 fully saturated rings. The van der Waals surface area contributed by atoms with Crippen molar-refractivity contribution in [3.05, 3.63) is 30.1 Å². The lowest BCUT2D eigenvalue weighted by atomic mass is 9.87. The number of nitrogens with zero attached hydrogens (tertiary/aromatic N) is 1. The Morgan fingerprint density at radius 2 is 2.24 bits per heavy atom. The summed E-state index contributed by atoms with van der Waals surface area (Å²) in [6, 6.07) is 3.40. The number of hydrogen-bond donors (Lipinski definition) is 2. The molecule has 94 valence electrons. The molecule has 0 saturated heterocycles. The van der Waals surface area contributed by atoms with Crippen LogP contribution in [0.2, 0.25) is 0 Å². The zero-order chi connectivity index (χ0) is 12.9. The van der Waals surface area contributed by atoms with Gasteiger partial charge in [0, 0.05) is 18.9 Å². The van der Waals surface area contributed by atoms with E-state index in [1.807, 2.05) is 32.9 Å². The van der Waals surface area contributed by atoms with E-state index < -0.39 is 6.04 Å². The quantitative estimate of drug-likeness (QED) is 0.821. The fourth-order valence-corrected chi connectivity index (χ4v) is 1.38. The molecular weight excluding hydrogens is 214 g/mol. The Morgan fingerprint density at radius 1 is 1.53 bits per heavy atom. The van der Waals surface area contributed by atoms with Crippen molar-refractivity contribution < 1.29 is 4.79 Å².